The Morgan fingerprint density at radius 3 is 2.38 bits per heavy atom. The van der Waals surface area contributed by atoms with E-state index in [-0.39, 0.29) is 5.75 Å². The van der Waals surface area contributed by atoms with Crippen LogP contribution in [-0.4, -0.2) is 22.5 Å². The zero-order valence-electron chi connectivity index (χ0n) is 11.3. The Bertz CT molecular complexity index is 591. The molecule has 0 amide bonds. The van der Waals surface area contributed by atoms with Crippen LogP contribution in [0, 0.1) is 0 Å². The van der Waals surface area contributed by atoms with Crippen molar-refractivity contribution in [2.45, 2.75) is 24.1 Å². The number of hydrogen-bond donors (Lipinski definition) is 2. The maximum atomic E-state index is 13.4. The third-order valence-corrected chi connectivity index (χ3v) is 6.27. The van der Waals surface area contributed by atoms with E-state index in [1.165, 1.54) is 6.08 Å². The number of thiol groups is 1. The van der Waals surface area contributed by atoms with Gasteiger partial charge in [-0.05, 0) is 23.5 Å². The molecule has 2 nitrogen and oxygen atoms in total. The summed E-state index contributed by atoms with van der Waals surface area (Å²) in [6.45, 7) is 1.64. The topological polar surface area (TPSA) is 37.3 Å². The standard InChI is InChI=1S/C15H15F3O2S/c1-10-7-8-12(14(19)20)13(15(16,17)18)21(10)9-11-5-3-2-4-6-11/h2-8,13,21H,9H2,1H3,(H,19,20). The zero-order valence-corrected chi connectivity index (χ0v) is 12.2. The molecule has 2 rings (SSSR count). The van der Waals surface area contributed by atoms with Gasteiger partial charge in [-0.3, -0.25) is 0 Å². The van der Waals surface area contributed by atoms with Gasteiger partial charge in [0.25, 0.3) is 0 Å². The predicted octanol–water partition coefficient (Wildman–Crippen LogP) is 4.05. The number of benzene rings is 1. The van der Waals surface area contributed by atoms with Crippen LogP contribution >= 0.6 is 10.9 Å². The molecule has 1 N–H and O–H groups in total. The lowest BCUT2D eigenvalue weighted by Gasteiger charge is -2.36. The van der Waals surface area contributed by atoms with E-state index in [1.807, 2.05) is 0 Å². The van der Waals surface area contributed by atoms with E-state index >= 15 is 0 Å². The van der Waals surface area contributed by atoms with Crippen molar-refractivity contribution in [2.24, 2.45) is 0 Å². The molecule has 1 heterocycles. The van der Waals surface area contributed by atoms with Crippen LogP contribution in [0.5, 0.6) is 0 Å². The summed E-state index contributed by atoms with van der Waals surface area (Å²) >= 11 is 0. The number of aliphatic carboxylic acids is 1. The van der Waals surface area contributed by atoms with E-state index in [1.54, 1.807) is 37.3 Å². The van der Waals surface area contributed by atoms with Gasteiger partial charge < -0.3 is 5.11 Å². The molecule has 114 valence electrons. The maximum Gasteiger partial charge on any atom is 0.403 e. The van der Waals surface area contributed by atoms with Gasteiger partial charge in [0.05, 0.1) is 5.57 Å². The van der Waals surface area contributed by atoms with Crippen LogP contribution in [0.1, 0.15) is 12.5 Å². The van der Waals surface area contributed by atoms with Crippen LogP contribution in [0.25, 0.3) is 0 Å². The Morgan fingerprint density at radius 1 is 1.24 bits per heavy atom. The monoisotopic (exact) mass is 316 g/mol. The van der Waals surface area contributed by atoms with Crippen LogP contribution in [0.3, 0.4) is 0 Å². The van der Waals surface area contributed by atoms with Crippen molar-refractivity contribution in [3.8, 4) is 0 Å². The Balaban J connectivity index is 2.39. The smallest absolute Gasteiger partial charge is 0.403 e. The van der Waals surface area contributed by atoms with E-state index in [9.17, 15) is 18.0 Å². The number of carboxylic acid groups (broad SMARTS) is 1. The number of allylic oxidation sites excluding steroid dienone is 3. The quantitative estimate of drug-likeness (QED) is 0.826. The van der Waals surface area contributed by atoms with Gasteiger partial charge in [0.2, 0.25) is 0 Å². The fraction of sp³-hybridized carbons (Fsp3) is 0.267. The minimum absolute atomic E-state index is 0.229. The third-order valence-electron chi connectivity index (χ3n) is 3.32. The molecule has 2 unspecified atom stereocenters. The Kier molecular flexibility index (Phi) is 4.46. The molecular formula is C15H15F3O2S. The third kappa shape index (κ3) is 3.50. The molecule has 1 aromatic carbocycles. The highest BCUT2D eigenvalue weighted by Gasteiger charge is 2.48. The summed E-state index contributed by atoms with van der Waals surface area (Å²) in [6, 6.07) is 8.86. The van der Waals surface area contributed by atoms with Crippen molar-refractivity contribution in [2.75, 3.05) is 0 Å². The fourth-order valence-corrected chi connectivity index (χ4v) is 4.90. The number of carbonyl (C=O) groups is 1. The second-order valence-electron chi connectivity index (χ2n) is 4.79. The van der Waals surface area contributed by atoms with Crippen molar-refractivity contribution in [3.05, 3.63) is 58.5 Å². The van der Waals surface area contributed by atoms with E-state index in [0.29, 0.717) is 4.91 Å². The maximum absolute atomic E-state index is 13.4. The zero-order chi connectivity index (χ0) is 15.6. The average molecular weight is 316 g/mol. The van der Waals surface area contributed by atoms with Crippen molar-refractivity contribution >= 4 is 16.9 Å². The van der Waals surface area contributed by atoms with Gasteiger partial charge in [0.1, 0.15) is 5.25 Å². The minimum atomic E-state index is -4.56. The number of rotatable bonds is 3. The lowest BCUT2D eigenvalue weighted by atomic mass is 10.1. The second kappa shape index (κ2) is 5.97. The van der Waals surface area contributed by atoms with Crippen molar-refractivity contribution < 1.29 is 23.1 Å². The van der Waals surface area contributed by atoms with E-state index in [2.05, 4.69) is 0 Å². The largest absolute Gasteiger partial charge is 0.478 e. The van der Waals surface area contributed by atoms with Gasteiger partial charge in [-0.2, -0.15) is 13.2 Å². The van der Waals surface area contributed by atoms with Crippen LogP contribution in [-0.2, 0) is 10.5 Å². The highest BCUT2D eigenvalue weighted by molar-refractivity contribution is 8.20. The summed E-state index contributed by atoms with van der Waals surface area (Å²) in [6.07, 6.45) is -1.97. The molecule has 0 bridgehead atoms. The molecule has 0 radical (unpaired) electrons. The van der Waals surface area contributed by atoms with Gasteiger partial charge in [0, 0.05) is 5.75 Å². The first-order valence-electron chi connectivity index (χ1n) is 6.29. The van der Waals surface area contributed by atoms with E-state index in [4.69, 9.17) is 5.11 Å². The molecule has 0 aliphatic carbocycles. The average Bonchev–Trinajstić information content (AvgIpc) is 2.40. The summed E-state index contributed by atoms with van der Waals surface area (Å²) in [5.74, 6) is -1.27. The lowest BCUT2D eigenvalue weighted by molar-refractivity contribution is -0.140. The SMILES string of the molecule is CC1=CC=C(C(=O)O)C(C(F)(F)F)[SH]1Cc1ccccc1. The van der Waals surface area contributed by atoms with Crippen molar-refractivity contribution in [3.63, 3.8) is 0 Å². The Labute approximate surface area is 123 Å². The summed E-state index contributed by atoms with van der Waals surface area (Å²) in [7, 11) is -1.65. The number of alkyl halides is 3. The van der Waals surface area contributed by atoms with Crippen LogP contribution < -0.4 is 0 Å². The Hall–Kier alpha value is -1.69. The Morgan fingerprint density at radius 2 is 1.86 bits per heavy atom. The molecular weight excluding hydrogens is 301 g/mol. The van der Waals surface area contributed by atoms with Crippen LogP contribution in [0.4, 0.5) is 13.2 Å². The molecule has 21 heavy (non-hydrogen) atoms. The molecule has 0 fully saturated rings. The van der Waals surface area contributed by atoms with Crippen LogP contribution in [0.2, 0.25) is 0 Å². The van der Waals surface area contributed by atoms with Crippen molar-refractivity contribution in [1.29, 1.82) is 0 Å². The first kappa shape index (κ1) is 15.7. The predicted molar refractivity (Wildman–Crippen MR) is 78.5 cm³/mol. The van der Waals surface area contributed by atoms with Gasteiger partial charge in [-0.25, -0.2) is 15.7 Å². The molecule has 1 aliphatic rings. The summed E-state index contributed by atoms with van der Waals surface area (Å²) in [4.78, 5) is 11.7. The van der Waals surface area contributed by atoms with Crippen molar-refractivity contribution in [1.82, 2.24) is 0 Å². The molecule has 6 heteroatoms. The molecule has 1 aliphatic heterocycles. The van der Waals surface area contributed by atoms with Gasteiger partial charge in [-0.1, -0.05) is 36.4 Å². The normalized spacial score (nSPS) is 24.2. The van der Waals surface area contributed by atoms with Gasteiger partial charge >= 0.3 is 12.1 Å². The molecule has 0 spiro atoms. The van der Waals surface area contributed by atoms with E-state index in [0.717, 1.165) is 11.6 Å². The van der Waals surface area contributed by atoms with Gasteiger partial charge in [0.15, 0.2) is 0 Å². The first-order valence-corrected chi connectivity index (χ1v) is 7.89. The number of hydrogen-bond acceptors (Lipinski definition) is 1. The summed E-state index contributed by atoms with van der Waals surface area (Å²) < 4.78 is 40.1. The molecule has 0 aromatic heterocycles. The highest BCUT2D eigenvalue weighted by Crippen LogP contribution is 2.54. The minimum Gasteiger partial charge on any atom is -0.478 e. The lowest BCUT2D eigenvalue weighted by Crippen LogP contribution is -2.35. The van der Waals surface area contributed by atoms with Gasteiger partial charge in [-0.15, -0.1) is 0 Å². The van der Waals surface area contributed by atoms with E-state index < -0.39 is 33.9 Å². The number of halogens is 3. The van der Waals surface area contributed by atoms with Crippen LogP contribution in [0.15, 0.2) is 53.0 Å². The molecule has 2 atom stereocenters. The summed E-state index contributed by atoms with van der Waals surface area (Å²) in [5.41, 5.74) is 0.229. The molecule has 0 saturated heterocycles. The molecule has 0 saturated carbocycles. The first-order chi connectivity index (χ1) is 9.80. The molecule has 1 aromatic rings. The fourth-order valence-electron chi connectivity index (χ4n) is 2.31. The summed E-state index contributed by atoms with van der Waals surface area (Å²) in [5, 5.41) is 7.15. The second-order valence-corrected chi connectivity index (χ2v) is 7.27. The highest BCUT2D eigenvalue weighted by atomic mass is 32.2. The number of carboxylic acids is 1.